The Morgan fingerprint density at radius 2 is 1.96 bits per heavy atom. The van der Waals surface area contributed by atoms with Crippen molar-refractivity contribution in [2.45, 2.75) is 6.92 Å². The van der Waals surface area contributed by atoms with Crippen LogP contribution in [0.15, 0.2) is 30.3 Å². The maximum atomic E-state index is 12.3. The minimum absolute atomic E-state index is 0.310. The molecule has 140 valence electrons. The summed E-state index contributed by atoms with van der Waals surface area (Å²) in [5, 5.41) is 6.52. The van der Waals surface area contributed by atoms with Gasteiger partial charge in [-0.3, -0.25) is 0 Å². The summed E-state index contributed by atoms with van der Waals surface area (Å²) in [6.45, 7) is 3.20. The molecule has 1 aromatic heterocycles. The van der Waals surface area contributed by atoms with Gasteiger partial charge in [-0.2, -0.15) is 0 Å². The van der Waals surface area contributed by atoms with E-state index in [1.54, 1.807) is 21.1 Å². The number of ether oxygens (including phenoxy) is 3. The van der Waals surface area contributed by atoms with Gasteiger partial charge in [0.1, 0.15) is 10.6 Å². The Kier molecular flexibility index (Phi) is 7.83. The average Bonchev–Trinajstić information content (AvgIpc) is 3.06. The van der Waals surface area contributed by atoms with Crippen molar-refractivity contribution in [1.82, 2.24) is 5.32 Å². The van der Waals surface area contributed by atoms with Crippen LogP contribution in [-0.2, 0) is 9.47 Å². The van der Waals surface area contributed by atoms with Gasteiger partial charge in [0.15, 0.2) is 5.11 Å². The topological polar surface area (TPSA) is 68.8 Å². The third-order valence-corrected chi connectivity index (χ3v) is 4.82. The summed E-state index contributed by atoms with van der Waals surface area (Å²) in [7, 11) is 3.25. The quantitative estimate of drug-likeness (QED) is 0.403. The minimum Gasteiger partial charge on any atom is -0.497 e. The molecule has 0 unspecified atom stereocenters. The van der Waals surface area contributed by atoms with E-state index in [1.807, 2.05) is 30.3 Å². The van der Waals surface area contributed by atoms with E-state index >= 15 is 0 Å². The van der Waals surface area contributed by atoms with Crippen molar-refractivity contribution in [1.29, 1.82) is 0 Å². The zero-order valence-corrected chi connectivity index (χ0v) is 16.6. The second-order valence-electron chi connectivity index (χ2n) is 5.18. The van der Waals surface area contributed by atoms with Crippen LogP contribution in [0.5, 0.6) is 5.75 Å². The van der Waals surface area contributed by atoms with E-state index in [-0.39, 0.29) is 5.97 Å². The number of thiophene rings is 1. The lowest BCUT2D eigenvalue weighted by Gasteiger charge is -2.10. The highest BCUT2D eigenvalue weighted by atomic mass is 32.1. The van der Waals surface area contributed by atoms with Gasteiger partial charge in [0, 0.05) is 18.5 Å². The Hall–Kier alpha value is -2.16. The molecule has 0 aliphatic rings. The molecule has 0 bridgehead atoms. The van der Waals surface area contributed by atoms with E-state index in [1.165, 1.54) is 11.3 Å². The normalized spacial score (nSPS) is 10.3. The molecule has 0 spiro atoms. The molecular formula is C18H22N2O4S2. The van der Waals surface area contributed by atoms with Gasteiger partial charge in [-0.15, -0.1) is 11.3 Å². The van der Waals surface area contributed by atoms with Crippen molar-refractivity contribution in [3.63, 3.8) is 0 Å². The fourth-order valence-corrected chi connectivity index (χ4v) is 3.39. The van der Waals surface area contributed by atoms with Crippen molar-refractivity contribution in [3.05, 3.63) is 35.2 Å². The Labute approximate surface area is 162 Å². The Bertz CT molecular complexity index is 744. The van der Waals surface area contributed by atoms with Gasteiger partial charge < -0.3 is 24.8 Å². The lowest BCUT2D eigenvalue weighted by atomic mass is 10.2. The number of esters is 1. The summed E-state index contributed by atoms with van der Waals surface area (Å²) < 4.78 is 15.3. The van der Waals surface area contributed by atoms with Crippen LogP contribution in [0.3, 0.4) is 0 Å². The summed E-state index contributed by atoms with van der Waals surface area (Å²) in [4.78, 5) is 13.7. The molecule has 1 aromatic carbocycles. The van der Waals surface area contributed by atoms with E-state index in [0.717, 1.165) is 16.2 Å². The maximum absolute atomic E-state index is 12.3. The molecular weight excluding hydrogens is 372 g/mol. The second kappa shape index (κ2) is 10.1. The van der Waals surface area contributed by atoms with Crippen LogP contribution in [-0.4, -0.2) is 45.1 Å². The molecule has 26 heavy (non-hydrogen) atoms. The first kappa shape index (κ1) is 20.2. The fourth-order valence-electron chi connectivity index (χ4n) is 2.16. The van der Waals surface area contributed by atoms with Crippen LogP contribution < -0.4 is 15.4 Å². The molecule has 0 saturated carbocycles. The predicted molar refractivity (Wildman–Crippen MR) is 108 cm³/mol. The number of carbonyl (C=O) groups is 1. The van der Waals surface area contributed by atoms with Gasteiger partial charge >= 0.3 is 5.97 Å². The molecule has 0 aliphatic carbocycles. The maximum Gasteiger partial charge on any atom is 0.350 e. The second-order valence-corrected chi connectivity index (χ2v) is 6.64. The zero-order valence-electron chi connectivity index (χ0n) is 15.0. The molecule has 0 amide bonds. The monoisotopic (exact) mass is 394 g/mol. The van der Waals surface area contributed by atoms with Gasteiger partial charge in [-0.1, -0.05) is 0 Å². The number of anilines is 1. The number of thiocarbonyl (C=S) groups is 1. The summed E-state index contributed by atoms with van der Waals surface area (Å²) in [5.41, 5.74) is 1.60. The van der Waals surface area contributed by atoms with Gasteiger partial charge in [0.05, 0.1) is 26.0 Å². The molecule has 0 saturated heterocycles. The van der Waals surface area contributed by atoms with Crippen molar-refractivity contribution >= 4 is 40.3 Å². The van der Waals surface area contributed by atoms with Gasteiger partial charge in [-0.05, 0) is 55.0 Å². The third-order valence-electron chi connectivity index (χ3n) is 3.41. The van der Waals surface area contributed by atoms with Crippen LogP contribution in [0, 0.1) is 0 Å². The first-order valence-electron chi connectivity index (χ1n) is 8.08. The van der Waals surface area contributed by atoms with Crippen LogP contribution in [0.4, 0.5) is 5.69 Å². The number of carbonyl (C=O) groups excluding carboxylic acids is 1. The largest absolute Gasteiger partial charge is 0.497 e. The van der Waals surface area contributed by atoms with Gasteiger partial charge in [0.25, 0.3) is 0 Å². The molecule has 2 rings (SSSR count). The summed E-state index contributed by atoms with van der Waals surface area (Å²) in [6, 6.07) is 9.53. The highest BCUT2D eigenvalue weighted by Gasteiger charge is 2.19. The lowest BCUT2D eigenvalue weighted by molar-refractivity contribution is 0.0533. The number of nitrogens with one attached hydrogen (secondary N) is 2. The smallest absolute Gasteiger partial charge is 0.350 e. The van der Waals surface area contributed by atoms with Crippen LogP contribution in [0.2, 0.25) is 0 Å². The van der Waals surface area contributed by atoms with Crippen molar-refractivity contribution < 1.29 is 19.0 Å². The lowest BCUT2D eigenvalue weighted by Crippen LogP contribution is -2.31. The molecule has 8 heteroatoms. The first-order valence-corrected chi connectivity index (χ1v) is 9.30. The third kappa shape index (κ3) is 5.42. The number of benzene rings is 1. The van der Waals surface area contributed by atoms with Crippen molar-refractivity contribution in [2.75, 3.05) is 39.3 Å². The highest BCUT2D eigenvalue weighted by Crippen LogP contribution is 2.36. The van der Waals surface area contributed by atoms with E-state index in [2.05, 4.69) is 10.6 Å². The van der Waals surface area contributed by atoms with Crippen molar-refractivity contribution in [3.8, 4) is 16.2 Å². The van der Waals surface area contributed by atoms with Gasteiger partial charge in [-0.25, -0.2) is 4.79 Å². The molecule has 0 radical (unpaired) electrons. The SMILES string of the molecule is CCOC(=O)c1sc(-c2ccc(OC)cc2)cc1NC(=S)NCCOC. The molecule has 2 aromatic rings. The van der Waals surface area contributed by atoms with E-state index in [9.17, 15) is 4.79 Å². The average molecular weight is 395 g/mol. The Morgan fingerprint density at radius 1 is 1.23 bits per heavy atom. The first-order chi connectivity index (χ1) is 12.6. The van der Waals surface area contributed by atoms with Crippen LogP contribution in [0.1, 0.15) is 16.6 Å². The molecule has 2 N–H and O–H groups in total. The Morgan fingerprint density at radius 3 is 2.58 bits per heavy atom. The molecule has 0 atom stereocenters. The van der Waals surface area contributed by atoms with E-state index in [4.69, 9.17) is 26.4 Å². The van der Waals surface area contributed by atoms with Crippen molar-refractivity contribution in [2.24, 2.45) is 0 Å². The number of methoxy groups -OCH3 is 2. The molecule has 0 aliphatic heterocycles. The van der Waals surface area contributed by atoms with Gasteiger partial charge in [0.2, 0.25) is 0 Å². The zero-order chi connectivity index (χ0) is 18.9. The van der Waals surface area contributed by atoms with E-state index < -0.39 is 0 Å². The van der Waals surface area contributed by atoms with Crippen LogP contribution >= 0.6 is 23.6 Å². The number of rotatable bonds is 8. The molecule has 6 nitrogen and oxygen atoms in total. The number of hydrogen-bond acceptors (Lipinski definition) is 6. The molecule has 0 fully saturated rings. The summed E-state index contributed by atoms with van der Waals surface area (Å²) >= 11 is 6.63. The minimum atomic E-state index is -0.376. The van der Waals surface area contributed by atoms with Crippen LogP contribution in [0.25, 0.3) is 10.4 Å². The number of hydrogen-bond donors (Lipinski definition) is 2. The standard InChI is InChI=1S/C18H22N2O4S2/c1-4-24-17(21)16-14(20-18(25)19-9-10-22-2)11-15(26-16)12-5-7-13(23-3)8-6-12/h5-8,11H,4,9-10H2,1-3H3,(H2,19,20,25). The summed E-state index contributed by atoms with van der Waals surface area (Å²) in [6.07, 6.45) is 0. The molecule has 1 heterocycles. The fraction of sp³-hybridized carbons (Fsp3) is 0.333. The Balaban J connectivity index is 2.24. The highest BCUT2D eigenvalue weighted by molar-refractivity contribution is 7.80. The predicted octanol–water partition coefficient (Wildman–Crippen LogP) is 3.53. The van der Waals surface area contributed by atoms with E-state index in [0.29, 0.717) is 35.4 Å². The summed E-state index contributed by atoms with van der Waals surface area (Å²) in [5.74, 6) is 0.400.